The Balaban J connectivity index is 2.62. The van der Waals surface area contributed by atoms with Crippen LogP contribution in [0.3, 0.4) is 0 Å². The van der Waals surface area contributed by atoms with Crippen molar-refractivity contribution in [1.29, 1.82) is 0 Å². The van der Waals surface area contributed by atoms with Crippen molar-refractivity contribution in [2.75, 3.05) is 0 Å². The molecule has 13 heavy (non-hydrogen) atoms. The van der Waals surface area contributed by atoms with Crippen LogP contribution < -0.4 is 4.87 Å². The number of H-pyrrole nitrogens is 2. The van der Waals surface area contributed by atoms with Gasteiger partial charge in [0.1, 0.15) is 0 Å². The van der Waals surface area contributed by atoms with Crippen LogP contribution >= 0.6 is 11.3 Å². The van der Waals surface area contributed by atoms with E-state index in [1.54, 1.807) is 0 Å². The number of benzene rings is 1. The second-order valence-corrected chi connectivity index (χ2v) is 3.94. The van der Waals surface area contributed by atoms with E-state index in [2.05, 4.69) is 9.97 Å². The molecule has 2 heterocycles. The lowest BCUT2D eigenvalue weighted by Crippen LogP contribution is -1.89. The molecule has 3 aromatic rings. The minimum absolute atomic E-state index is 0.00246. The third-order valence-electron chi connectivity index (χ3n) is 2.09. The SMILES string of the molecule is O=c1[nH]c2cc3[nH]ccc3cc2s1. The minimum atomic E-state index is 0.00246. The zero-order chi connectivity index (χ0) is 8.84. The van der Waals surface area contributed by atoms with Gasteiger partial charge in [-0.05, 0) is 18.2 Å². The molecule has 0 atom stereocenters. The predicted molar refractivity (Wildman–Crippen MR) is 54.3 cm³/mol. The number of hydrogen-bond acceptors (Lipinski definition) is 2. The summed E-state index contributed by atoms with van der Waals surface area (Å²) in [7, 11) is 0. The molecule has 0 aliphatic carbocycles. The molecule has 0 aliphatic rings. The van der Waals surface area contributed by atoms with Crippen molar-refractivity contribution in [2.45, 2.75) is 0 Å². The van der Waals surface area contributed by atoms with E-state index in [9.17, 15) is 4.79 Å². The van der Waals surface area contributed by atoms with Gasteiger partial charge in [-0.3, -0.25) is 4.79 Å². The highest BCUT2D eigenvalue weighted by Gasteiger charge is 2.01. The molecule has 0 radical (unpaired) electrons. The lowest BCUT2D eigenvalue weighted by atomic mass is 10.2. The van der Waals surface area contributed by atoms with Crippen LogP contribution in [-0.2, 0) is 0 Å². The average molecular weight is 190 g/mol. The highest BCUT2D eigenvalue weighted by Crippen LogP contribution is 2.21. The minimum Gasteiger partial charge on any atom is -0.361 e. The summed E-state index contributed by atoms with van der Waals surface area (Å²) in [5.74, 6) is 0. The number of aromatic amines is 2. The standard InChI is InChI=1S/C9H6N2OS/c12-9-11-7-4-6-5(1-2-10-6)3-8(7)13-9/h1-4,10H,(H,11,12). The number of hydrogen-bond donors (Lipinski definition) is 2. The number of fused-ring (bicyclic) bond motifs is 2. The molecule has 64 valence electrons. The first-order valence-electron chi connectivity index (χ1n) is 3.93. The summed E-state index contributed by atoms with van der Waals surface area (Å²) in [6.45, 7) is 0. The second kappa shape index (κ2) is 2.23. The maximum Gasteiger partial charge on any atom is 0.305 e. The summed E-state index contributed by atoms with van der Waals surface area (Å²) < 4.78 is 1.01. The number of nitrogens with one attached hydrogen (secondary N) is 2. The Morgan fingerprint density at radius 1 is 1.23 bits per heavy atom. The summed E-state index contributed by atoms with van der Waals surface area (Å²) in [4.78, 5) is 16.9. The lowest BCUT2D eigenvalue weighted by Gasteiger charge is -1.89. The van der Waals surface area contributed by atoms with Gasteiger partial charge in [0.2, 0.25) is 0 Å². The Bertz CT molecular complexity index is 580. The van der Waals surface area contributed by atoms with Gasteiger partial charge in [0, 0.05) is 17.1 Å². The second-order valence-electron chi connectivity index (χ2n) is 2.93. The monoisotopic (exact) mass is 190 g/mol. The Labute approximate surface area is 77.0 Å². The van der Waals surface area contributed by atoms with Crippen LogP contribution in [0.5, 0.6) is 0 Å². The Morgan fingerprint density at radius 2 is 2.15 bits per heavy atom. The molecule has 0 amide bonds. The lowest BCUT2D eigenvalue weighted by molar-refractivity contribution is 1.40. The fourth-order valence-corrected chi connectivity index (χ4v) is 2.26. The molecule has 0 saturated carbocycles. The van der Waals surface area contributed by atoms with Gasteiger partial charge in [-0.1, -0.05) is 11.3 Å². The molecule has 4 heteroatoms. The molecule has 1 aromatic carbocycles. The summed E-state index contributed by atoms with van der Waals surface area (Å²) in [5.41, 5.74) is 1.96. The molecule has 3 nitrogen and oxygen atoms in total. The van der Waals surface area contributed by atoms with Crippen molar-refractivity contribution in [2.24, 2.45) is 0 Å². The van der Waals surface area contributed by atoms with E-state index in [1.807, 2.05) is 24.4 Å². The molecule has 0 unspecified atom stereocenters. The first-order chi connectivity index (χ1) is 6.33. The predicted octanol–water partition coefficient (Wildman–Crippen LogP) is 2.07. The Morgan fingerprint density at radius 3 is 3.08 bits per heavy atom. The maximum atomic E-state index is 11.0. The summed E-state index contributed by atoms with van der Waals surface area (Å²) in [6.07, 6.45) is 1.90. The molecular formula is C9H6N2OS. The highest BCUT2D eigenvalue weighted by atomic mass is 32.1. The molecule has 0 aliphatic heterocycles. The first-order valence-corrected chi connectivity index (χ1v) is 4.74. The summed E-state index contributed by atoms with van der Waals surface area (Å²) >= 11 is 1.25. The van der Waals surface area contributed by atoms with E-state index in [4.69, 9.17) is 0 Å². The Kier molecular flexibility index (Phi) is 1.19. The van der Waals surface area contributed by atoms with Crippen molar-refractivity contribution >= 4 is 32.5 Å². The van der Waals surface area contributed by atoms with E-state index in [1.165, 1.54) is 11.3 Å². The molecule has 0 spiro atoms. The number of rotatable bonds is 0. The third-order valence-corrected chi connectivity index (χ3v) is 2.94. The van der Waals surface area contributed by atoms with E-state index >= 15 is 0 Å². The molecule has 0 bridgehead atoms. The van der Waals surface area contributed by atoms with Gasteiger partial charge in [0.25, 0.3) is 0 Å². The van der Waals surface area contributed by atoms with E-state index in [0.29, 0.717) is 0 Å². The molecule has 0 fully saturated rings. The van der Waals surface area contributed by atoms with Crippen molar-refractivity contribution in [3.05, 3.63) is 34.1 Å². The first kappa shape index (κ1) is 6.91. The topological polar surface area (TPSA) is 48.6 Å². The van der Waals surface area contributed by atoms with Crippen LogP contribution in [0.4, 0.5) is 0 Å². The molecule has 2 aromatic heterocycles. The number of aromatic nitrogens is 2. The van der Waals surface area contributed by atoms with Crippen molar-refractivity contribution < 1.29 is 0 Å². The van der Waals surface area contributed by atoms with E-state index < -0.39 is 0 Å². The zero-order valence-electron chi connectivity index (χ0n) is 6.63. The third kappa shape index (κ3) is 0.922. The summed E-state index contributed by atoms with van der Waals surface area (Å²) in [6, 6.07) is 5.98. The molecular weight excluding hydrogens is 184 g/mol. The van der Waals surface area contributed by atoms with E-state index in [-0.39, 0.29) is 4.87 Å². The van der Waals surface area contributed by atoms with Crippen molar-refractivity contribution in [3.8, 4) is 0 Å². The normalized spacial score (nSPS) is 11.4. The maximum absolute atomic E-state index is 11.0. The van der Waals surface area contributed by atoms with Gasteiger partial charge in [0.15, 0.2) is 0 Å². The fourth-order valence-electron chi connectivity index (χ4n) is 1.50. The molecule has 0 saturated heterocycles. The highest BCUT2D eigenvalue weighted by molar-refractivity contribution is 7.16. The van der Waals surface area contributed by atoms with Gasteiger partial charge < -0.3 is 9.97 Å². The molecule has 2 N–H and O–H groups in total. The van der Waals surface area contributed by atoms with Crippen LogP contribution in [0.1, 0.15) is 0 Å². The van der Waals surface area contributed by atoms with Crippen molar-refractivity contribution in [1.82, 2.24) is 9.97 Å². The molecule has 3 rings (SSSR count). The van der Waals surface area contributed by atoms with Gasteiger partial charge in [0.05, 0.1) is 10.2 Å². The van der Waals surface area contributed by atoms with Crippen LogP contribution in [-0.4, -0.2) is 9.97 Å². The van der Waals surface area contributed by atoms with Crippen LogP contribution in [0.25, 0.3) is 21.1 Å². The van der Waals surface area contributed by atoms with Crippen molar-refractivity contribution in [3.63, 3.8) is 0 Å². The van der Waals surface area contributed by atoms with Crippen LogP contribution in [0.2, 0.25) is 0 Å². The van der Waals surface area contributed by atoms with Crippen LogP contribution in [0.15, 0.2) is 29.2 Å². The van der Waals surface area contributed by atoms with Gasteiger partial charge in [-0.15, -0.1) is 0 Å². The Hall–Kier alpha value is -1.55. The zero-order valence-corrected chi connectivity index (χ0v) is 7.44. The quantitative estimate of drug-likeness (QED) is 0.560. The largest absolute Gasteiger partial charge is 0.361 e. The van der Waals surface area contributed by atoms with Crippen LogP contribution in [0, 0.1) is 0 Å². The fraction of sp³-hybridized carbons (Fsp3) is 0. The van der Waals surface area contributed by atoms with Gasteiger partial charge in [-0.25, -0.2) is 0 Å². The summed E-state index contributed by atoms with van der Waals surface area (Å²) in [5, 5.41) is 1.14. The van der Waals surface area contributed by atoms with Gasteiger partial charge >= 0.3 is 4.87 Å². The van der Waals surface area contributed by atoms with Gasteiger partial charge in [-0.2, -0.15) is 0 Å². The average Bonchev–Trinajstić information content (AvgIpc) is 2.63. The smallest absolute Gasteiger partial charge is 0.305 e. The number of thiazole rings is 1. The van der Waals surface area contributed by atoms with E-state index in [0.717, 1.165) is 21.1 Å².